The van der Waals surface area contributed by atoms with Crippen LogP contribution in [0.15, 0.2) is 6.20 Å². The highest BCUT2D eigenvalue weighted by molar-refractivity contribution is 6.31. The molecule has 14 heavy (non-hydrogen) atoms. The molecule has 1 N–H and O–H groups in total. The third kappa shape index (κ3) is 1.79. The van der Waals surface area contributed by atoms with Crippen molar-refractivity contribution >= 4 is 17.6 Å². The zero-order valence-corrected chi connectivity index (χ0v) is 7.23. The van der Waals surface area contributed by atoms with Gasteiger partial charge in [-0.05, 0) is 0 Å². The van der Waals surface area contributed by atoms with E-state index in [4.69, 9.17) is 16.7 Å². The smallest absolute Gasteiger partial charge is 0.357 e. The molecule has 1 aromatic rings. The van der Waals surface area contributed by atoms with Gasteiger partial charge < -0.3 is 5.11 Å². The summed E-state index contributed by atoms with van der Waals surface area (Å²) in [6, 6.07) is 0. The van der Waals surface area contributed by atoms with Crippen LogP contribution in [0.3, 0.4) is 0 Å². The Morgan fingerprint density at radius 3 is 2.57 bits per heavy atom. The molecular formula is C7H3ClF3NO2. The second kappa shape index (κ2) is 3.83. The molecule has 0 saturated heterocycles. The minimum absolute atomic E-state index is 0.541. The third-order valence-electron chi connectivity index (χ3n) is 1.42. The number of carboxylic acid groups (broad SMARTS) is 1. The van der Waals surface area contributed by atoms with Gasteiger partial charge in [0.2, 0.25) is 0 Å². The number of alkyl halides is 2. The molecule has 0 unspecified atom stereocenters. The summed E-state index contributed by atoms with van der Waals surface area (Å²) in [7, 11) is 0. The second-order valence-corrected chi connectivity index (χ2v) is 2.67. The van der Waals surface area contributed by atoms with Crippen LogP contribution in [0.25, 0.3) is 0 Å². The fourth-order valence-corrected chi connectivity index (χ4v) is 1.00. The van der Waals surface area contributed by atoms with Crippen LogP contribution in [-0.4, -0.2) is 16.1 Å². The number of hydrogen-bond acceptors (Lipinski definition) is 2. The number of halogens is 4. The summed E-state index contributed by atoms with van der Waals surface area (Å²) in [5.74, 6) is -3.11. The molecule has 1 aromatic heterocycles. The Morgan fingerprint density at radius 2 is 2.14 bits per heavy atom. The zero-order chi connectivity index (χ0) is 10.9. The molecule has 1 heterocycles. The lowest BCUT2D eigenvalue weighted by Crippen LogP contribution is -2.06. The molecule has 0 aliphatic heterocycles. The molecule has 1 rings (SSSR count). The first kappa shape index (κ1) is 10.8. The number of rotatable bonds is 2. The Morgan fingerprint density at radius 1 is 1.57 bits per heavy atom. The van der Waals surface area contributed by atoms with E-state index in [-0.39, 0.29) is 0 Å². The second-order valence-electron chi connectivity index (χ2n) is 2.30. The lowest BCUT2D eigenvalue weighted by atomic mass is 10.2. The van der Waals surface area contributed by atoms with Gasteiger partial charge in [0.15, 0.2) is 11.5 Å². The number of carboxylic acids is 1. The molecule has 0 atom stereocenters. The summed E-state index contributed by atoms with van der Waals surface area (Å²) in [6.45, 7) is 0. The van der Waals surface area contributed by atoms with Gasteiger partial charge in [-0.3, -0.25) is 0 Å². The van der Waals surface area contributed by atoms with Gasteiger partial charge in [0, 0.05) is 6.20 Å². The van der Waals surface area contributed by atoms with Crippen LogP contribution >= 0.6 is 11.6 Å². The monoisotopic (exact) mass is 225 g/mol. The SMILES string of the molecule is O=C(O)c1ncc(C(F)F)c(Cl)c1F. The molecule has 0 radical (unpaired) electrons. The van der Waals surface area contributed by atoms with Crippen LogP contribution in [0.1, 0.15) is 22.5 Å². The first-order chi connectivity index (χ1) is 6.45. The van der Waals surface area contributed by atoms with Crippen LogP contribution in [0, 0.1) is 5.82 Å². The minimum atomic E-state index is -2.99. The summed E-state index contributed by atoms with van der Waals surface area (Å²) >= 11 is 5.18. The highest BCUT2D eigenvalue weighted by Gasteiger charge is 2.22. The van der Waals surface area contributed by atoms with Gasteiger partial charge in [-0.2, -0.15) is 0 Å². The van der Waals surface area contributed by atoms with E-state index in [1.807, 2.05) is 0 Å². The van der Waals surface area contributed by atoms with E-state index in [2.05, 4.69) is 4.98 Å². The predicted molar refractivity (Wildman–Crippen MR) is 41.1 cm³/mol. The topological polar surface area (TPSA) is 50.2 Å². The number of nitrogens with zero attached hydrogens (tertiary/aromatic N) is 1. The highest BCUT2D eigenvalue weighted by atomic mass is 35.5. The van der Waals surface area contributed by atoms with Gasteiger partial charge >= 0.3 is 5.97 Å². The number of aromatic nitrogens is 1. The summed E-state index contributed by atoms with van der Waals surface area (Å²) in [4.78, 5) is 13.3. The number of pyridine rings is 1. The van der Waals surface area contributed by atoms with Crippen molar-refractivity contribution in [1.82, 2.24) is 4.98 Å². The van der Waals surface area contributed by atoms with Gasteiger partial charge in [0.1, 0.15) is 0 Å². The highest BCUT2D eigenvalue weighted by Crippen LogP contribution is 2.29. The van der Waals surface area contributed by atoms with E-state index in [0.717, 1.165) is 0 Å². The van der Waals surface area contributed by atoms with Crippen molar-refractivity contribution in [3.63, 3.8) is 0 Å². The molecule has 0 spiro atoms. The van der Waals surface area contributed by atoms with Crippen molar-refractivity contribution in [2.24, 2.45) is 0 Å². The number of carbonyl (C=O) groups is 1. The van der Waals surface area contributed by atoms with E-state index in [1.165, 1.54) is 0 Å². The number of aromatic carboxylic acids is 1. The lowest BCUT2D eigenvalue weighted by molar-refractivity contribution is 0.0684. The molecule has 7 heteroatoms. The van der Waals surface area contributed by atoms with E-state index in [1.54, 1.807) is 0 Å². The molecule has 0 bridgehead atoms. The Hall–Kier alpha value is -1.30. The Kier molecular flexibility index (Phi) is 2.95. The summed E-state index contributed by atoms with van der Waals surface area (Å²) < 4.78 is 37.2. The first-order valence-corrected chi connectivity index (χ1v) is 3.68. The van der Waals surface area contributed by atoms with Crippen LogP contribution in [-0.2, 0) is 0 Å². The third-order valence-corrected chi connectivity index (χ3v) is 1.81. The minimum Gasteiger partial charge on any atom is -0.476 e. The van der Waals surface area contributed by atoms with E-state index in [9.17, 15) is 18.0 Å². The van der Waals surface area contributed by atoms with Crippen LogP contribution in [0.2, 0.25) is 5.02 Å². The first-order valence-electron chi connectivity index (χ1n) is 3.30. The predicted octanol–water partition coefficient (Wildman–Crippen LogP) is 2.51. The molecule has 76 valence electrons. The van der Waals surface area contributed by atoms with Crippen molar-refractivity contribution in [1.29, 1.82) is 0 Å². The molecule has 0 amide bonds. The normalized spacial score (nSPS) is 10.6. The van der Waals surface area contributed by atoms with Crippen LogP contribution < -0.4 is 0 Å². The lowest BCUT2D eigenvalue weighted by Gasteiger charge is -2.04. The van der Waals surface area contributed by atoms with Crippen molar-refractivity contribution in [2.75, 3.05) is 0 Å². The zero-order valence-electron chi connectivity index (χ0n) is 6.47. The summed E-state index contributed by atoms with van der Waals surface area (Å²) in [6.07, 6.45) is -2.45. The molecule has 3 nitrogen and oxygen atoms in total. The average molecular weight is 226 g/mol. The van der Waals surface area contributed by atoms with Crippen LogP contribution in [0.5, 0.6) is 0 Å². The Balaban J connectivity index is 3.33. The van der Waals surface area contributed by atoms with E-state index >= 15 is 0 Å². The molecule has 0 aliphatic rings. The maximum absolute atomic E-state index is 13.0. The van der Waals surface area contributed by atoms with Gasteiger partial charge in [0.05, 0.1) is 10.6 Å². The maximum atomic E-state index is 13.0. The largest absolute Gasteiger partial charge is 0.476 e. The molecule has 0 fully saturated rings. The molecule has 0 aliphatic carbocycles. The van der Waals surface area contributed by atoms with Crippen molar-refractivity contribution < 1.29 is 23.1 Å². The maximum Gasteiger partial charge on any atom is 0.357 e. The Labute approximate surface area is 81.1 Å². The van der Waals surface area contributed by atoms with Crippen molar-refractivity contribution in [2.45, 2.75) is 6.43 Å². The van der Waals surface area contributed by atoms with Gasteiger partial charge in [-0.25, -0.2) is 22.9 Å². The van der Waals surface area contributed by atoms with Crippen molar-refractivity contribution in [3.05, 3.63) is 28.3 Å². The standard InChI is InChI=1S/C7H3ClF3NO2/c8-3-2(6(10)11)1-12-5(4(3)9)7(13)14/h1,6H,(H,13,14). The summed E-state index contributed by atoms with van der Waals surface area (Å²) in [5, 5.41) is 7.46. The van der Waals surface area contributed by atoms with Crippen LogP contribution in [0.4, 0.5) is 13.2 Å². The average Bonchev–Trinajstić information content (AvgIpc) is 2.08. The fourth-order valence-electron chi connectivity index (χ4n) is 0.779. The van der Waals surface area contributed by atoms with E-state index < -0.39 is 34.5 Å². The molecular weight excluding hydrogens is 223 g/mol. The number of hydrogen-bond donors (Lipinski definition) is 1. The van der Waals surface area contributed by atoms with Gasteiger partial charge in [0.25, 0.3) is 6.43 Å². The molecule has 0 aromatic carbocycles. The van der Waals surface area contributed by atoms with Gasteiger partial charge in [-0.1, -0.05) is 11.6 Å². The van der Waals surface area contributed by atoms with Crippen molar-refractivity contribution in [3.8, 4) is 0 Å². The Bertz CT molecular complexity index is 383. The summed E-state index contributed by atoms with van der Waals surface area (Å²) in [5.41, 5.74) is -1.80. The molecule has 0 saturated carbocycles. The van der Waals surface area contributed by atoms with E-state index in [0.29, 0.717) is 6.20 Å². The quantitative estimate of drug-likeness (QED) is 0.841. The fraction of sp³-hybridized carbons (Fsp3) is 0.143. The van der Waals surface area contributed by atoms with Gasteiger partial charge in [-0.15, -0.1) is 0 Å².